The zero-order valence-electron chi connectivity index (χ0n) is 18.9. The summed E-state index contributed by atoms with van der Waals surface area (Å²) in [6, 6.07) is 16.2. The number of nitrogens with zero attached hydrogens (tertiary/aromatic N) is 2. The first-order chi connectivity index (χ1) is 15.9. The predicted octanol–water partition coefficient (Wildman–Crippen LogP) is 4.78. The summed E-state index contributed by atoms with van der Waals surface area (Å²) in [5, 5.41) is 12.0. The van der Waals surface area contributed by atoms with Crippen molar-refractivity contribution in [2.45, 2.75) is 51.1 Å². The summed E-state index contributed by atoms with van der Waals surface area (Å²) < 4.78 is 7.67. The molecule has 2 aromatic carbocycles. The molecule has 33 heavy (non-hydrogen) atoms. The molecular formula is C26H29N3O4. The SMILES string of the molecule is CC(C)n1cncc1CC(CCC(=O)O)NC(=O)OCC1c2ccccc2-c2ccccc21. The van der Waals surface area contributed by atoms with Gasteiger partial charge in [-0.15, -0.1) is 0 Å². The maximum absolute atomic E-state index is 12.7. The van der Waals surface area contributed by atoms with Gasteiger partial charge in [-0.05, 0) is 42.5 Å². The minimum atomic E-state index is -0.897. The fraction of sp³-hybridized carbons (Fsp3) is 0.346. The Morgan fingerprint density at radius 3 is 2.33 bits per heavy atom. The van der Waals surface area contributed by atoms with E-state index in [1.165, 1.54) is 11.1 Å². The molecule has 0 fully saturated rings. The van der Waals surface area contributed by atoms with E-state index in [2.05, 4.69) is 48.4 Å². The van der Waals surface area contributed by atoms with Crippen molar-refractivity contribution in [3.8, 4) is 11.1 Å². The summed E-state index contributed by atoms with van der Waals surface area (Å²) >= 11 is 0. The molecule has 1 aliphatic carbocycles. The zero-order chi connectivity index (χ0) is 23.4. The Morgan fingerprint density at radius 1 is 1.09 bits per heavy atom. The Labute approximate surface area is 193 Å². The summed E-state index contributed by atoms with van der Waals surface area (Å²) in [5.74, 6) is -0.922. The van der Waals surface area contributed by atoms with Gasteiger partial charge in [0.05, 0.1) is 6.33 Å². The molecule has 1 aliphatic rings. The van der Waals surface area contributed by atoms with E-state index in [4.69, 9.17) is 9.84 Å². The Kier molecular flexibility index (Phi) is 6.77. The number of imidazole rings is 1. The van der Waals surface area contributed by atoms with Crippen molar-refractivity contribution >= 4 is 12.1 Å². The molecule has 3 aromatic rings. The third-order valence-corrected chi connectivity index (χ3v) is 6.13. The van der Waals surface area contributed by atoms with Gasteiger partial charge in [0.15, 0.2) is 0 Å². The smallest absolute Gasteiger partial charge is 0.407 e. The summed E-state index contributed by atoms with van der Waals surface area (Å²) in [7, 11) is 0. The number of carbonyl (C=O) groups is 2. The average Bonchev–Trinajstić information content (AvgIpc) is 3.39. The normalized spacial score (nSPS) is 13.4. The van der Waals surface area contributed by atoms with Crippen LogP contribution in [0, 0.1) is 0 Å². The number of benzene rings is 2. The maximum Gasteiger partial charge on any atom is 0.407 e. The Bertz CT molecular complexity index is 1090. The summed E-state index contributed by atoms with van der Waals surface area (Å²) in [4.78, 5) is 28.1. The number of carboxylic acid groups (broad SMARTS) is 1. The lowest BCUT2D eigenvalue weighted by Gasteiger charge is -2.21. The number of nitrogens with one attached hydrogen (secondary N) is 1. The number of rotatable bonds is 9. The van der Waals surface area contributed by atoms with Crippen LogP contribution in [0.5, 0.6) is 0 Å². The number of carboxylic acids is 1. The number of ether oxygens (including phenoxy) is 1. The van der Waals surface area contributed by atoms with E-state index in [-0.39, 0.29) is 31.0 Å². The first-order valence-corrected chi connectivity index (χ1v) is 11.3. The van der Waals surface area contributed by atoms with E-state index in [1.54, 1.807) is 12.5 Å². The van der Waals surface area contributed by atoms with Crippen molar-refractivity contribution in [2.75, 3.05) is 6.61 Å². The van der Waals surface area contributed by atoms with Gasteiger partial charge in [0.2, 0.25) is 0 Å². The van der Waals surface area contributed by atoms with Crippen LogP contribution in [0.2, 0.25) is 0 Å². The summed E-state index contributed by atoms with van der Waals surface area (Å²) in [6.45, 7) is 4.32. The van der Waals surface area contributed by atoms with E-state index < -0.39 is 12.1 Å². The molecule has 1 atom stereocenters. The number of fused-ring (bicyclic) bond motifs is 3. The minimum absolute atomic E-state index is 0.0250. The van der Waals surface area contributed by atoms with Crippen LogP contribution in [0.15, 0.2) is 61.1 Å². The van der Waals surface area contributed by atoms with Crippen molar-refractivity contribution in [3.63, 3.8) is 0 Å². The van der Waals surface area contributed by atoms with Crippen LogP contribution in [0.25, 0.3) is 11.1 Å². The van der Waals surface area contributed by atoms with E-state index in [0.29, 0.717) is 12.8 Å². The number of amides is 1. The van der Waals surface area contributed by atoms with Gasteiger partial charge in [0.25, 0.3) is 0 Å². The Balaban J connectivity index is 1.43. The van der Waals surface area contributed by atoms with E-state index in [9.17, 15) is 9.59 Å². The fourth-order valence-electron chi connectivity index (χ4n) is 4.54. The lowest BCUT2D eigenvalue weighted by atomic mass is 9.98. The van der Waals surface area contributed by atoms with Crippen LogP contribution < -0.4 is 5.32 Å². The topological polar surface area (TPSA) is 93.5 Å². The van der Waals surface area contributed by atoms with Crippen LogP contribution in [-0.2, 0) is 16.0 Å². The van der Waals surface area contributed by atoms with Crippen LogP contribution in [0.4, 0.5) is 4.79 Å². The quantitative estimate of drug-likeness (QED) is 0.492. The average molecular weight is 448 g/mol. The Hall–Kier alpha value is -3.61. The first-order valence-electron chi connectivity index (χ1n) is 11.3. The van der Waals surface area contributed by atoms with Gasteiger partial charge < -0.3 is 19.7 Å². The molecule has 0 spiro atoms. The summed E-state index contributed by atoms with van der Waals surface area (Å²) in [6.07, 6.45) is 3.72. The highest BCUT2D eigenvalue weighted by Crippen LogP contribution is 2.44. The molecule has 7 heteroatoms. The van der Waals surface area contributed by atoms with Gasteiger partial charge in [-0.2, -0.15) is 0 Å². The standard InChI is InChI=1S/C26H29N3O4/c1-17(2)29-16-27-14-19(29)13-18(11-12-25(30)31)28-26(32)33-15-24-22-9-5-3-7-20(22)21-8-4-6-10-23(21)24/h3-10,14,16-18,24H,11-13,15H2,1-2H3,(H,28,32)(H,30,31). The van der Waals surface area contributed by atoms with Gasteiger partial charge >= 0.3 is 12.1 Å². The number of carbonyl (C=O) groups excluding carboxylic acids is 1. The molecule has 172 valence electrons. The minimum Gasteiger partial charge on any atom is -0.481 e. The molecule has 1 unspecified atom stereocenters. The van der Waals surface area contributed by atoms with Gasteiger partial charge in [-0.3, -0.25) is 4.79 Å². The fourth-order valence-corrected chi connectivity index (χ4v) is 4.54. The highest BCUT2D eigenvalue weighted by Gasteiger charge is 2.29. The van der Waals surface area contributed by atoms with Gasteiger partial charge in [-0.1, -0.05) is 48.5 Å². The number of hydrogen-bond donors (Lipinski definition) is 2. The molecule has 4 rings (SSSR count). The molecule has 1 amide bonds. The van der Waals surface area contributed by atoms with Crippen molar-refractivity contribution in [1.29, 1.82) is 0 Å². The molecule has 0 bridgehead atoms. The molecule has 0 saturated carbocycles. The van der Waals surface area contributed by atoms with Crippen molar-refractivity contribution < 1.29 is 19.4 Å². The second-order valence-electron chi connectivity index (χ2n) is 8.69. The lowest BCUT2D eigenvalue weighted by Crippen LogP contribution is -2.38. The molecule has 1 aromatic heterocycles. The number of aromatic nitrogens is 2. The molecular weight excluding hydrogens is 418 g/mol. The van der Waals surface area contributed by atoms with Gasteiger partial charge in [0, 0.05) is 42.7 Å². The van der Waals surface area contributed by atoms with E-state index in [1.807, 2.05) is 28.8 Å². The monoisotopic (exact) mass is 447 g/mol. The van der Waals surface area contributed by atoms with E-state index >= 15 is 0 Å². The molecule has 7 nitrogen and oxygen atoms in total. The zero-order valence-corrected chi connectivity index (χ0v) is 18.9. The molecule has 2 N–H and O–H groups in total. The molecule has 0 aliphatic heterocycles. The molecule has 1 heterocycles. The second-order valence-corrected chi connectivity index (χ2v) is 8.69. The van der Waals surface area contributed by atoms with Crippen molar-refractivity contribution in [3.05, 3.63) is 77.9 Å². The first kappa shape index (κ1) is 22.6. The molecule has 0 radical (unpaired) electrons. The summed E-state index contributed by atoms with van der Waals surface area (Å²) in [5.41, 5.74) is 5.58. The van der Waals surface area contributed by atoms with Crippen LogP contribution in [0.3, 0.4) is 0 Å². The predicted molar refractivity (Wildman–Crippen MR) is 125 cm³/mol. The highest BCUT2D eigenvalue weighted by atomic mass is 16.5. The molecule has 0 saturated heterocycles. The van der Waals surface area contributed by atoms with Gasteiger partial charge in [0.1, 0.15) is 6.61 Å². The van der Waals surface area contributed by atoms with Crippen LogP contribution in [0.1, 0.15) is 55.5 Å². The highest BCUT2D eigenvalue weighted by molar-refractivity contribution is 5.79. The van der Waals surface area contributed by atoms with E-state index in [0.717, 1.165) is 16.8 Å². The number of aliphatic carboxylic acids is 1. The third-order valence-electron chi connectivity index (χ3n) is 6.13. The van der Waals surface area contributed by atoms with Crippen molar-refractivity contribution in [2.24, 2.45) is 0 Å². The maximum atomic E-state index is 12.7. The Morgan fingerprint density at radius 2 is 1.73 bits per heavy atom. The van der Waals surface area contributed by atoms with Crippen LogP contribution >= 0.6 is 0 Å². The second kappa shape index (κ2) is 9.90. The largest absolute Gasteiger partial charge is 0.481 e. The van der Waals surface area contributed by atoms with Gasteiger partial charge in [-0.25, -0.2) is 9.78 Å². The number of alkyl carbamates (subject to hydrolysis) is 1. The third kappa shape index (κ3) is 5.08. The van der Waals surface area contributed by atoms with Crippen LogP contribution in [-0.4, -0.2) is 39.4 Å². The number of hydrogen-bond acceptors (Lipinski definition) is 4. The van der Waals surface area contributed by atoms with Crippen molar-refractivity contribution in [1.82, 2.24) is 14.9 Å². The lowest BCUT2D eigenvalue weighted by molar-refractivity contribution is -0.137.